The SMILES string of the molecule is CCN(C1(OCNC(=O)N2CCCCC2)CCC(c2ccccc2OC(F)(F)F)CC1)S(C)(=O)=O. The summed E-state index contributed by atoms with van der Waals surface area (Å²) >= 11 is 0. The fraction of sp³-hybridized carbons (Fsp3) is 0.696. The van der Waals surface area contributed by atoms with Crippen molar-refractivity contribution in [2.45, 2.75) is 69.9 Å². The first-order valence-corrected chi connectivity index (χ1v) is 13.8. The molecule has 1 N–H and O–H groups in total. The monoisotopic (exact) mass is 521 g/mol. The molecule has 0 atom stereocenters. The van der Waals surface area contributed by atoms with Crippen LogP contribution in [0.25, 0.3) is 0 Å². The summed E-state index contributed by atoms with van der Waals surface area (Å²) < 4.78 is 75.4. The van der Waals surface area contributed by atoms with Crippen LogP contribution < -0.4 is 10.1 Å². The maximum Gasteiger partial charge on any atom is 0.573 e. The summed E-state index contributed by atoms with van der Waals surface area (Å²) in [5.41, 5.74) is -0.771. The lowest BCUT2D eigenvalue weighted by Gasteiger charge is -2.46. The van der Waals surface area contributed by atoms with Gasteiger partial charge < -0.3 is 19.7 Å². The molecular weight excluding hydrogens is 487 g/mol. The number of rotatable bonds is 8. The number of amides is 2. The third-order valence-corrected chi connectivity index (χ3v) is 8.09. The lowest BCUT2D eigenvalue weighted by Crippen LogP contribution is -2.56. The van der Waals surface area contributed by atoms with Gasteiger partial charge in [-0.2, -0.15) is 4.31 Å². The highest BCUT2D eigenvalue weighted by Gasteiger charge is 2.46. The summed E-state index contributed by atoms with van der Waals surface area (Å²) in [6.45, 7) is 3.04. The number of urea groups is 1. The number of para-hydroxylation sites is 1. The molecule has 35 heavy (non-hydrogen) atoms. The van der Waals surface area contributed by atoms with E-state index in [1.165, 1.54) is 16.4 Å². The van der Waals surface area contributed by atoms with Crippen LogP contribution >= 0.6 is 0 Å². The highest BCUT2D eigenvalue weighted by atomic mass is 32.2. The van der Waals surface area contributed by atoms with Gasteiger partial charge in [-0.3, -0.25) is 0 Å². The quantitative estimate of drug-likeness (QED) is 0.513. The predicted molar refractivity (Wildman–Crippen MR) is 124 cm³/mol. The minimum absolute atomic E-state index is 0.164. The minimum atomic E-state index is -4.81. The summed E-state index contributed by atoms with van der Waals surface area (Å²) in [7, 11) is -3.65. The molecule has 0 spiro atoms. The number of alkyl halides is 3. The molecule has 0 bridgehead atoms. The van der Waals surface area contributed by atoms with Gasteiger partial charge in [0.25, 0.3) is 0 Å². The summed E-state index contributed by atoms with van der Waals surface area (Å²) in [4.78, 5) is 14.2. The number of benzene rings is 1. The van der Waals surface area contributed by atoms with Gasteiger partial charge in [-0.1, -0.05) is 25.1 Å². The summed E-state index contributed by atoms with van der Waals surface area (Å²) in [5.74, 6) is -0.505. The Morgan fingerprint density at radius 1 is 1.17 bits per heavy atom. The predicted octanol–water partition coefficient (Wildman–Crippen LogP) is 4.39. The molecule has 1 aromatic rings. The molecule has 0 unspecified atom stereocenters. The number of hydrogen-bond acceptors (Lipinski definition) is 5. The molecular formula is C23H34F3N3O5S. The molecule has 1 heterocycles. The van der Waals surface area contributed by atoms with Crippen LogP contribution in [-0.4, -0.2) is 68.4 Å². The number of nitrogens with one attached hydrogen (secondary N) is 1. The Morgan fingerprint density at radius 3 is 2.37 bits per heavy atom. The minimum Gasteiger partial charge on any atom is -0.405 e. The van der Waals surface area contributed by atoms with Crippen LogP contribution in [0.5, 0.6) is 5.75 Å². The van der Waals surface area contributed by atoms with Crippen LogP contribution in [0.1, 0.15) is 63.4 Å². The molecule has 8 nitrogen and oxygen atoms in total. The average molecular weight is 522 g/mol. The van der Waals surface area contributed by atoms with Crippen LogP contribution in [0.2, 0.25) is 0 Å². The zero-order chi connectivity index (χ0) is 25.7. The fourth-order valence-electron chi connectivity index (χ4n) is 5.15. The first kappa shape index (κ1) is 27.5. The number of carbonyl (C=O) groups excluding carboxylic acids is 1. The third-order valence-electron chi connectivity index (χ3n) is 6.70. The summed E-state index contributed by atoms with van der Waals surface area (Å²) in [6, 6.07) is 5.77. The van der Waals surface area contributed by atoms with Crippen molar-refractivity contribution >= 4 is 16.1 Å². The molecule has 2 fully saturated rings. The van der Waals surface area contributed by atoms with Gasteiger partial charge in [-0.25, -0.2) is 13.2 Å². The first-order chi connectivity index (χ1) is 16.5. The number of piperidine rings is 1. The maximum absolute atomic E-state index is 12.9. The number of nitrogens with zero attached hydrogens (tertiary/aromatic N) is 2. The second-order valence-electron chi connectivity index (χ2n) is 9.05. The molecule has 12 heteroatoms. The van der Waals surface area contributed by atoms with Crippen molar-refractivity contribution in [1.29, 1.82) is 0 Å². The van der Waals surface area contributed by atoms with Crippen molar-refractivity contribution in [3.63, 3.8) is 0 Å². The van der Waals surface area contributed by atoms with Crippen molar-refractivity contribution < 1.29 is 35.9 Å². The lowest BCUT2D eigenvalue weighted by molar-refractivity contribution is -0.275. The second kappa shape index (κ2) is 11.3. The number of halogens is 3. The van der Waals surface area contributed by atoms with Crippen LogP contribution in [0.4, 0.5) is 18.0 Å². The second-order valence-corrected chi connectivity index (χ2v) is 11.0. The Hall–Kier alpha value is -2.05. The van der Waals surface area contributed by atoms with Crippen LogP contribution in [0.3, 0.4) is 0 Å². The molecule has 3 rings (SSSR count). The Bertz CT molecular complexity index is 959. The Balaban J connectivity index is 1.73. The normalized spacial score (nSPS) is 23.8. The molecule has 1 saturated heterocycles. The van der Waals surface area contributed by atoms with Gasteiger partial charge in [0.1, 0.15) is 18.2 Å². The lowest BCUT2D eigenvalue weighted by atomic mass is 9.79. The highest BCUT2D eigenvalue weighted by Crippen LogP contribution is 2.45. The van der Waals surface area contributed by atoms with Gasteiger partial charge in [0, 0.05) is 19.6 Å². The maximum atomic E-state index is 12.9. The molecule has 1 aliphatic carbocycles. The van der Waals surface area contributed by atoms with E-state index in [0.29, 0.717) is 31.5 Å². The van der Waals surface area contributed by atoms with E-state index in [4.69, 9.17) is 4.74 Å². The first-order valence-electron chi connectivity index (χ1n) is 11.9. The molecule has 1 aromatic carbocycles. The van der Waals surface area contributed by atoms with Crippen molar-refractivity contribution in [3.05, 3.63) is 29.8 Å². The van der Waals surface area contributed by atoms with Crippen molar-refractivity contribution in [1.82, 2.24) is 14.5 Å². The van der Waals surface area contributed by atoms with Crippen LogP contribution in [-0.2, 0) is 14.8 Å². The van der Waals surface area contributed by atoms with E-state index in [1.807, 2.05) is 0 Å². The smallest absolute Gasteiger partial charge is 0.405 e. The zero-order valence-electron chi connectivity index (χ0n) is 20.1. The van der Waals surface area contributed by atoms with E-state index in [9.17, 15) is 26.4 Å². The number of likely N-dealkylation sites (tertiary alicyclic amines) is 1. The van der Waals surface area contributed by atoms with Gasteiger partial charge >= 0.3 is 12.4 Å². The molecule has 0 radical (unpaired) electrons. The van der Waals surface area contributed by atoms with Crippen molar-refractivity contribution in [3.8, 4) is 5.75 Å². The number of carbonyl (C=O) groups is 1. The van der Waals surface area contributed by atoms with Crippen molar-refractivity contribution in [2.24, 2.45) is 0 Å². The number of hydrogen-bond donors (Lipinski definition) is 1. The average Bonchev–Trinajstić information content (AvgIpc) is 2.79. The van der Waals surface area contributed by atoms with Gasteiger partial charge in [0.15, 0.2) is 0 Å². The molecule has 2 amide bonds. The van der Waals surface area contributed by atoms with E-state index in [1.54, 1.807) is 24.0 Å². The van der Waals surface area contributed by atoms with E-state index in [-0.39, 0.29) is 43.8 Å². The molecule has 0 aromatic heterocycles. The Labute approximate surface area is 204 Å². The molecule has 2 aliphatic rings. The van der Waals surface area contributed by atoms with Gasteiger partial charge in [0.05, 0.1) is 6.26 Å². The Kier molecular flexibility index (Phi) is 8.92. The van der Waals surface area contributed by atoms with E-state index >= 15 is 0 Å². The van der Waals surface area contributed by atoms with Gasteiger partial charge in [-0.15, -0.1) is 13.2 Å². The highest BCUT2D eigenvalue weighted by molar-refractivity contribution is 7.88. The van der Waals surface area contributed by atoms with E-state index in [2.05, 4.69) is 10.1 Å². The third kappa shape index (κ3) is 7.23. The van der Waals surface area contributed by atoms with Gasteiger partial charge in [0.2, 0.25) is 10.0 Å². The molecule has 1 saturated carbocycles. The number of sulfonamides is 1. The topological polar surface area (TPSA) is 88.2 Å². The summed E-state index contributed by atoms with van der Waals surface area (Å²) in [6.07, 6.45) is 0.576. The van der Waals surface area contributed by atoms with Crippen LogP contribution in [0.15, 0.2) is 24.3 Å². The summed E-state index contributed by atoms with van der Waals surface area (Å²) in [5, 5.41) is 2.73. The number of ether oxygens (including phenoxy) is 2. The zero-order valence-corrected chi connectivity index (χ0v) is 21.0. The Morgan fingerprint density at radius 2 is 1.80 bits per heavy atom. The van der Waals surface area contributed by atoms with E-state index in [0.717, 1.165) is 25.5 Å². The van der Waals surface area contributed by atoms with Gasteiger partial charge in [-0.05, 0) is 62.5 Å². The van der Waals surface area contributed by atoms with Crippen molar-refractivity contribution in [2.75, 3.05) is 32.6 Å². The fourth-order valence-corrected chi connectivity index (χ4v) is 6.46. The molecule has 1 aliphatic heterocycles. The van der Waals surface area contributed by atoms with Crippen LogP contribution in [0, 0.1) is 0 Å². The molecule has 198 valence electrons. The van der Waals surface area contributed by atoms with E-state index < -0.39 is 22.1 Å². The largest absolute Gasteiger partial charge is 0.573 e. The standard InChI is InChI=1S/C23H34F3N3O5S/c1-3-29(35(2,31)32)22(33-17-27-21(30)28-15-7-4-8-16-28)13-11-18(12-14-22)19-9-5-6-10-20(19)34-23(24,25)26/h5-6,9-10,18H,3-4,7-8,11-17H2,1-2H3,(H,27,30).